The molecule has 7 rings (SSSR count). The first-order valence-electron chi connectivity index (χ1n) is 11.5. The van der Waals surface area contributed by atoms with Crippen molar-refractivity contribution in [1.29, 1.82) is 0 Å². The number of nitrogens with two attached hydrogens (primary N) is 1. The van der Waals surface area contributed by atoms with Crippen molar-refractivity contribution in [2.45, 2.75) is 101 Å². The summed E-state index contributed by atoms with van der Waals surface area (Å²) in [6, 6.07) is 0.452. The van der Waals surface area contributed by atoms with Gasteiger partial charge in [0.2, 0.25) is 11.6 Å². The summed E-state index contributed by atoms with van der Waals surface area (Å²) in [6.45, 7) is 0. The third kappa shape index (κ3) is 2.48. The van der Waals surface area contributed by atoms with Crippen molar-refractivity contribution in [3.05, 3.63) is 0 Å². The lowest BCUT2D eigenvalue weighted by Gasteiger charge is -2.57. The van der Waals surface area contributed by atoms with Crippen LogP contribution in [0.25, 0.3) is 0 Å². The van der Waals surface area contributed by atoms with Crippen LogP contribution in [0.3, 0.4) is 0 Å². The van der Waals surface area contributed by atoms with Gasteiger partial charge in [0.15, 0.2) is 0 Å². The Morgan fingerprint density at radius 3 is 1.85 bits per heavy atom. The molecule has 4 bridgehead atoms. The number of rotatable bonds is 1. The first kappa shape index (κ1) is 16.8. The third-order valence-electron chi connectivity index (χ3n) is 9.22. The maximum atomic E-state index is 6.84. The lowest BCUT2D eigenvalue weighted by atomic mass is 9.53. The van der Waals surface area contributed by atoms with E-state index in [-0.39, 0.29) is 0 Å². The van der Waals surface area contributed by atoms with Crippen LogP contribution < -0.4 is 5.73 Å². The molecule has 0 amide bonds. The molecule has 0 aromatic rings. The van der Waals surface area contributed by atoms with E-state index in [0.29, 0.717) is 17.9 Å². The van der Waals surface area contributed by atoms with E-state index in [9.17, 15) is 0 Å². The van der Waals surface area contributed by atoms with Crippen LogP contribution in [0.2, 0.25) is 0 Å². The minimum atomic E-state index is -0.434. The molecule has 2 N–H and O–H groups in total. The molecule has 0 radical (unpaired) electrons. The van der Waals surface area contributed by atoms with Crippen molar-refractivity contribution in [2.24, 2.45) is 41.2 Å². The molecule has 4 nitrogen and oxygen atoms in total. The number of hydrogen-bond acceptors (Lipinski definition) is 4. The summed E-state index contributed by atoms with van der Waals surface area (Å²) in [5.41, 5.74) is 6.10. The molecular formula is C22H35NO3. The fraction of sp³-hybridized carbons (Fsp3) is 1.00. The number of hydrogen-bond donors (Lipinski definition) is 1. The molecule has 0 atom stereocenters. The zero-order valence-corrected chi connectivity index (χ0v) is 16.0. The zero-order valence-electron chi connectivity index (χ0n) is 16.0. The monoisotopic (exact) mass is 361 g/mol. The first-order chi connectivity index (χ1) is 12.6. The van der Waals surface area contributed by atoms with Gasteiger partial charge in [0.25, 0.3) is 0 Å². The lowest BCUT2D eigenvalue weighted by Crippen LogP contribution is -2.59. The largest absolute Gasteiger partial charge is 0.328 e. The molecule has 146 valence electrons. The van der Waals surface area contributed by atoms with E-state index in [4.69, 9.17) is 20.2 Å². The average Bonchev–Trinajstić information content (AvgIpc) is 3.01. The minimum Gasteiger partial charge on any atom is -0.328 e. The van der Waals surface area contributed by atoms with Crippen molar-refractivity contribution in [2.75, 3.05) is 0 Å². The Hall–Kier alpha value is -0.160. The quantitative estimate of drug-likeness (QED) is 0.698. The van der Waals surface area contributed by atoms with Gasteiger partial charge in [-0.05, 0) is 94.3 Å². The van der Waals surface area contributed by atoms with Crippen LogP contribution in [0.15, 0.2) is 0 Å². The van der Waals surface area contributed by atoms with Crippen LogP contribution in [0.4, 0.5) is 0 Å². The molecule has 7 fully saturated rings. The predicted octanol–water partition coefficient (Wildman–Crippen LogP) is 4.52. The third-order valence-corrected chi connectivity index (χ3v) is 9.22. The van der Waals surface area contributed by atoms with E-state index >= 15 is 0 Å². The molecule has 0 aromatic heterocycles. The SMILES string of the molecule is NC1CCC(C2CCC3(CC2)OOC2(O3)C3CC4CC(C3)CC2C4)CC1. The Labute approximate surface area is 157 Å². The Bertz CT molecular complexity index is 520. The van der Waals surface area contributed by atoms with Crippen LogP contribution >= 0.6 is 0 Å². The van der Waals surface area contributed by atoms with Gasteiger partial charge in [-0.2, -0.15) is 9.78 Å². The summed E-state index contributed by atoms with van der Waals surface area (Å²) in [6.07, 6.45) is 16.3. The summed E-state index contributed by atoms with van der Waals surface area (Å²) in [4.78, 5) is 12.2. The van der Waals surface area contributed by atoms with Crippen LogP contribution in [-0.4, -0.2) is 17.6 Å². The second-order valence-corrected chi connectivity index (χ2v) is 10.7. The molecule has 7 aliphatic rings. The van der Waals surface area contributed by atoms with Crippen molar-refractivity contribution in [1.82, 2.24) is 0 Å². The molecule has 2 spiro atoms. The van der Waals surface area contributed by atoms with Crippen LogP contribution in [0, 0.1) is 35.5 Å². The topological polar surface area (TPSA) is 53.7 Å². The normalized spacial score (nSPS) is 58.7. The summed E-state index contributed by atoms with van der Waals surface area (Å²) < 4.78 is 6.84. The Balaban J connectivity index is 1.13. The lowest BCUT2D eigenvalue weighted by molar-refractivity contribution is -0.390. The van der Waals surface area contributed by atoms with Gasteiger partial charge in [0.05, 0.1) is 0 Å². The molecule has 4 heteroatoms. The van der Waals surface area contributed by atoms with Gasteiger partial charge in [-0.25, -0.2) is 0 Å². The predicted molar refractivity (Wildman–Crippen MR) is 97.7 cm³/mol. The van der Waals surface area contributed by atoms with E-state index < -0.39 is 11.6 Å². The Morgan fingerprint density at radius 2 is 1.23 bits per heavy atom. The van der Waals surface area contributed by atoms with Gasteiger partial charge in [0.1, 0.15) is 0 Å². The molecule has 1 heterocycles. The van der Waals surface area contributed by atoms with Gasteiger partial charge in [0, 0.05) is 30.7 Å². The fourth-order valence-electron chi connectivity index (χ4n) is 7.96. The molecule has 6 saturated carbocycles. The van der Waals surface area contributed by atoms with Crippen molar-refractivity contribution in [3.63, 3.8) is 0 Å². The summed E-state index contributed by atoms with van der Waals surface area (Å²) >= 11 is 0. The van der Waals surface area contributed by atoms with Gasteiger partial charge >= 0.3 is 0 Å². The average molecular weight is 362 g/mol. The molecule has 1 aliphatic heterocycles. The Kier molecular flexibility index (Phi) is 3.82. The highest BCUT2D eigenvalue weighted by atomic mass is 17.3. The van der Waals surface area contributed by atoms with E-state index in [1.165, 1.54) is 70.6 Å². The van der Waals surface area contributed by atoms with Gasteiger partial charge < -0.3 is 10.5 Å². The first-order valence-corrected chi connectivity index (χ1v) is 11.5. The van der Waals surface area contributed by atoms with Crippen LogP contribution in [0.1, 0.15) is 83.5 Å². The molecule has 1 saturated heterocycles. The molecule has 0 aromatic carbocycles. The van der Waals surface area contributed by atoms with Gasteiger partial charge in [-0.1, -0.05) is 0 Å². The summed E-state index contributed by atoms with van der Waals surface area (Å²) in [5, 5.41) is 0. The second kappa shape index (κ2) is 5.92. The van der Waals surface area contributed by atoms with Crippen molar-refractivity contribution < 1.29 is 14.5 Å². The highest BCUT2D eigenvalue weighted by Gasteiger charge is 2.66. The highest BCUT2D eigenvalue weighted by Crippen LogP contribution is 2.64. The van der Waals surface area contributed by atoms with E-state index in [1.807, 2.05) is 0 Å². The smallest absolute Gasteiger partial charge is 0.210 e. The Morgan fingerprint density at radius 1 is 0.654 bits per heavy atom. The summed E-state index contributed by atoms with van der Waals surface area (Å²) in [5.74, 6) is 3.92. The van der Waals surface area contributed by atoms with Crippen molar-refractivity contribution >= 4 is 0 Å². The number of ether oxygens (including phenoxy) is 1. The second-order valence-electron chi connectivity index (χ2n) is 10.7. The minimum absolute atomic E-state index is 0.391. The van der Waals surface area contributed by atoms with Crippen LogP contribution in [0.5, 0.6) is 0 Å². The summed E-state index contributed by atoms with van der Waals surface area (Å²) in [7, 11) is 0. The van der Waals surface area contributed by atoms with Crippen molar-refractivity contribution in [3.8, 4) is 0 Å². The zero-order chi connectivity index (χ0) is 17.4. The van der Waals surface area contributed by atoms with E-state index in [1.54, 1.807) is 0 Å². The molecule has 6 aliphatic carbocycles. The standard InChI is InChI=1S/C22H35NO3/c23-20-3-1-16(2-4-20)17-5-7-21(8-6-17)24-22(26-25-21)18-10-14-9-15(12-18)13-19(22)11-14/h14-20H,1-13,23H2. The molecular weight excluding hydrogens is 326 g/mol. The maximum Gasteiger partial charge on any atom is 0.210 e. The van der Waals surface area contributed by atoms with Crippen LogP contribution in [-0.2, 0) is 14.5 Å². The van der Waals surface area contributed by atoms with E-state index in [2.05, 4.69) is 0 Å². The van der Waals surface area contributed by atoms with Gasteiger partial charge in [-0.3, -0.25) is 0 Å². The maximum absolute atomic E-state index is 6.84. The molecule has 26 heavy (non-hydrogen) atoms. The fourth-order valence-corrected chi connectivity index (χ4v) is 7.96. The van der Waals surface area contributed by atoms with E-state index in [0.717, 1.165) is 36.5 Å². The molecule has 0 unspecified atom stereocenters. The highest BCUT2D eigenvalue weighted by molar-refractivity contribution is 5.05. The van der Waals surface area contributed by atoms with Gasteiger partial charge in [-0.15, -0.1) is 0 Å².